The van der Waals surface area contributed by atoms with Crippen molar-refractivity contribution >= 4 is 35.4 Å². The number of benzene rings is 3. The number of hydrogen-bond acceptors (Lipinski definition) is 10. The molecule has 0 radical (unpaired) electrons. The summed E-state index contributed by atoms with van der Waals surface area (Å²) < 4.78 is 95.6. The van der Waals surface area contributed by atoms with E-state index in [0.29, 0.717) is 49.2 Å². The SMILES string of the molecule is CC1=C(C(=O)OCCN(C)C)[C@@H](c2ccc(C#N)cc2)N(CCCCCCCCCCCCN2C(=O)N(c3cccc(C(F)(F)F)c3)C(C)=C(C(=O)OCCN(C)C)[C@H]2C2C=CC(N)=CC2C)C(=O)N1c1cccc(C(F)(F)F)c1. The fourth-order valence-corrected chi connectivity index (χ4v) is 10.5. The summed E-state index contributed by atoms with van der Waals surface area (Å²) in [6, 6.07) is 14.6. The summed E-state index contributed by atoms with van der Waals surface area (Å²) in [7, 11) is 7.30. The van der Waals surface area contributed by atoms with Crippen LogP contribution in [0.15, 0.2) is 119 Å². The van der Waals surface area contributed by atoms with Crippen molar-refractivity contribution in [3.8, 4) is 6.07 Å². The molecule has 2 unspecified atom stereocenters. The predicted octanol–water partition coefficient (Wildman–Crippen LogP) is 12.2. The zero-order valence-corrected chi connectivity index (χ0v) is 46.7. The van der Waals surface area contributed by atoms with Crippen LogP contribution >= 0.6 is 0 Å². The number of nitrogens with zero attached hydrogens (tertiary/aromatic N) is 7. The molecule has 20 heteroatoms. The van der Waals surface area contributed by atoms with Gasteiger partial charge in [-0.3, -0.25) is 9.80 Å². The number of anilines is 2. The van der Waals surface area contributed by atoms with Gasteiger partial charge in [-0.2, -0.15) is 31.6 Å². The Morgan fingerprint density at radius 2 is 1.09 bits per heavy atom. The van der Waals surface area contributed by atoms with Gasteiger partial charge in [0.25, 0.3) is 0 Å². The lowest BCUT2D eigenvalue weighted by Crippen LogP contribution is -2.58. The number of carbonyl (C=O) groups is 4. The van der Waals surface area contributed by atoms with Crippen molar-refractivity contribution in [2.75, 3.05) is 77.4 Å². The molecular formula is C60H74F6N8O6. The standard InChI is InChI=1S/C60H74F6N8O6/c1-40-36-47(68)28-29-50(40)54-52(56(76)80-35-33-70(6)7)42(3)74(49-23-19-21-46(38-49)60(64,65)66)58(78)72(54)31-17-15-13-11-9-8-10-12-14-16-30-71-53(44-26-24-43(39-67)25-27-44)51(55(75)79-34-32-69(4)5)41(2)73(57(71)77)48-22-18-20-45(37-48)59(61,62)63/h18-29,36-38,40,50,53-54H,8-17,30-35,68H2,1-7H3/t40?,50?,53-,54-/m1/s1. The zero-order chi connectivity index (χ0) is 58.5. The van der Waals surface area contributed by atoms with Crippen LogP contribution in [0, 0.1) is 23.2 Å². The molecule has 80 heavy (non-hydrogen) atoms. The number of nitriles is 1. The van der Waals surface area contributed by atoms with Crippen molar-refractivity contribution in [3.05, 3.63) is 142 Å². The highest BCUT2D eigenvalue weighted by Crippen LogP contribution is 2.43. The molecule has 2 N–H and O–H groups in total. The number of urea groups is 2. The second-order valence-corrected chi connectivity index (χ2v) is 21.2. The second kappa shape index (κ2) is 27.9. The first kappa shape index (κ1) is 62.1. The van der Waals surface area contributed by atoms with Crippen LogP contribution in [0.3, 0.4) is 0 Å². The molecule has 0 saturated heterocycles. The Balaban J connectivity index is 1.10. The Morgan fingerprint density at radius 1 is 0.650 bits per heavy atom. The molecule has 0 fully saturated rings. The third-order valence-corrected chi connectivity index (χ3v) is 14.7. The summed E-state index contributed by atoms with van der Waals surface area (Å²) in [4.78, 5) is 66.8. The predicted molar refractivity (Wildman–Crippen MR) is 294 cm³/mol. The minimum atomic E-state index is -4.69. The van der Waals surface area contributed by atoms with E-state index in [4.69, 9.17) is 15.2 Å². The molecule has 3 aliphatic rings. The van der Waals surface area contributed by atoms with E-state index in [1.54, 1.807) is 42.2 Å². The van der Waals surface area contributed by atoms with Crippen molar-refractivity contribution in [1.82, 2.24) is 19.6 Å². The molecule has 4 atom stereocenters. The molecule has 4 amide bonds. The number of rotatable bonds is 25. The Hall–Kier alpha value is -7.11. The highest BCUT2D eigenvalue weighted by molar-refractivity contribution is 6.04. The van der Waals surface area contributed by atoms with E-state index >= 15 is 0 Å². The number of ether oxygens (including phenoxy) is 2. The summed E-state index contributed by atoms with van der Waals surface area (Å²) in [5, 5.41) is 9.55. The number of esters is 2. The van der Waals surface area contributed by atoms with E-state index in [0.717, 1.165) is 74.1 Å². The molecule has 3 aromatic carbocycles. The van der Waals surface area contributed by atoms with Crippen LogP contribution < -0.4 is 15.5 Å². The smallest absolute Gasteiger partial charge is 0.416 e. The second-order valence-electron chi connectivity index (χ2n) is 21.2. The van der Waals surface area contributed by atoms with Gasteiger partial charge < -0.3 is 34.8 Å². The molecule has 0 bridgehead atoms. The molecule has 1 aliphatic carbocycles. The largest absolute Gasteiger partial charge is 0.461 e. The normalized spacial score (nSPS) is 19.1. The van der Waals surface area contributed by atoms with Gasteiger partial charge in [-0.25, -0.2) is 19.2 Å². The molecule has 0 aromatic heterocycles. The van der Waals surface area contributed by atoms with E-state index in [-0.39, 0.29) is 66.1 Å². The Kier molecular flexibility index (Phi) is 21.6. The van der Waals surface area contributed by atoms with Crippen LogP contribution in [0.4, 0.5) is 47.3 Å². The van der Waals surface area contributed by atoms with Crippen molar-refractivity contribution in [3.63, 3.8) is 0 Å². The molecular weight excluding hydrogens is 1040 g/mol. The molecule has 0 saturated carbocycles. The van der Waals surface area contributed by atoms with Gasteiger partial charge in [-0.1, -0.05) is 94.7 Å². The quantitative estimate of drug-likeness (QED) is 0.0492. The lowest BCUT2D eigenvalue weighted by molar-refractivity contribution is -0.141. The van der Waals surface area contributed by atoms with E-state index in [1.807, 2.05) is 57.1 Å². The van der Waals surface area contributed by atoms with Crippen LogP contribution in [-0.2, 0) is 31.4 Å². The fraction of sp³-hybridized carbons (Fsp3) is 0.483. The number of unbranched alkanes of at least 4 members (excludes halogenated alkanes) is 9. The van der Waals surface area contributed by atoms with Gasteiger partial charge >= 0.3 is 36.4 Å². The number of alkyl halides is 6. The Morgan fingerprint density at radius 3 is 1.54 bits per heavy atom. The lowest BCUT2D eigenvalue weighted by Gasteiger charge is -2.46. The summed E-state index contributed by atoms with van der Waals surface area (Å²) in [5.41, 5.74) is 6.24. The van der Waals surface area contributed by atoms with Crippen LogP contribution in [0.5, 0.6) is 0 Å². The van der Waals surface area contributed by atoms with Gasteiger partial charge in [0.2, 0.25) is 0 Å². The summed E-state index contributed by atoms with van der Waals surface area (Å²) in [6.45, 7) is 6.33. The van der Waals surface area contributed by atoms with Crippen LogP contribution in [0.25, 0.3) is 0 Å². The van der Waals surface area contributed by atoms with Gasteiger partial charge in [-0.05, 0) is 121 Å². The Labute approximate surface area is 465 Å². The first-order chi connectivity index (χ1) is 37.9. The summed E-state index contributed by atoms with van der Waals surface area (Å²) >= 11 is 0. The van der Waals surface area contributed by atoms with Crippen LogP contribution in [0.1, 0.15) is 113 Å². The van der Waals surface area contributed by atoms with E-state index < -0.39 is 65.5 Å². The van der Waals surface area contributed by atoms with Gasteiger partial charge in [0.15, 0.2) is 0 Å². The van der Waals surface area contributed by atoms with Gasteiger partial charge in [0, 0.05) is 49.2 Å². The molecule has 14 nitrogen and oxygen atoms in total. The van der Waals surface area contributed by atoms with E-state index in [2.05, 4.69) is 6.07 Å². The zero-order valence-electron chi connectivity index (χ0n) is 46.7. The van der Waals surface area contributed by atoms with Crippen molar-refractivity contribution in [2.45, 2.75) is 109 Å². The number of halogens is 6. The summed E-state index contributed by atoms with van der Waals surface area (Å²) in [5.74, 6) is -1.98. The molecule has 0 spiro atoms. The number of amides is 4. The van der Waals surface area contributed by atoms with E-state index in [1.165, 1.54) is 41.0 Å². The highest BCUT2D eigenvalue weighted by atomic mass is 19.4. The minimum absolute atomic E-state index is 0.0241. The fourth-order valence-electron chi connectivity index (χ4n) is 10.5. The molecule has 3 aromatic rings. The van der Waals surface area contributed by atoms with Crippen molar-refractivity contribution in [1.29, 1.82) is 5.26 Å². The molecule has 2 heterocycles. The number of allylic oxidation sites excluding steroid dienone is 4. The maximum absolute atomic E-state index is 14.8. The average Bonchev–Trinajstić information content (AvgIpc) is 3.60. The van der Waals surface area contributed by atoms with Crippen LogP contribution in [-0.4, -0.2) is 117 Å². The topological polar surface area (TPSA) is 156 Å². The molecule has 6 rings (SSSR count). The first-order valence-electron chi connectivity index (χ1n) is 27.2. The van der Waals surface area contributed by atoms with Crippen LogP contribution in [0.2, 0.25) is 0 Å². The monoisotopic (exact) mass is 1120 g/mol. The highest BCUT2D eigenvalue weighted by Gasteiger charge is 2.47. The van der Waals surface area contributed by atoms with Crippen molar-refractivity contribution < 1.29 is 55.0 Å². The minimum Gasteiger partial charge on any atom is -0.461 e. The number of likely N-dealkylation sites (N-methyl/N-ethyl adjacent to an activating group) is 2. The van der Waals surface area contributed by atoms with Gasteiger partial charge in [-0.15, -0.1) is 0 Å². The number of hydrogen-bond donors (Lipinski definition) is 1. The van der Waals surface area contributed by atoms with Gasteiger partial charge in [0.1, 0.15) is 13.2 Å². The number of nitrogens with two attached hydrogens (primary N) is 1. The maximum atomic E-state index is 14.8. The lowest BCUT2D eigenvalue weighted by atomic mass is 9.78. The maximum Gasteiger partial charge on any atom is 0.416 e. The third kappa shape index (κ3) is 15.6. The first-order valence-corrected chi connectivity index (χ1v) is 27.2. The average molecular weight is 1120 g/mol. The number of carbonyl (C=O) groups excluding carboxylic acids is 4. The van der Waals surface area contributed by atoms with Crippen molar-refractivity contribution in [2.24, 2.45) is 17.6 Å². The summed E-state index contributed by atoms with van der Waals surface area (Å²) in [6.07, 6.45) is 3.87. The van der Waals surface area contributed by atoms with E-state index in [9.17, 15) is 50.8 Å². The Bertz CT molecular complexity index is 2840. The third-order valence-electron chi connectivity index (χ3n) is 14.7. The van der Waals surface area contributed by atoms with Gasteiger partial charge in [0.05, 0.1) is 57.4 Å². The molecule has 2 aliphatic heterocycles. The molecule has 432 valence electrons.